The van der Waals surface area contributed by atoms with E-state index in [1.807, 2.05) is 25.1 Å². The molecule has 1 aromatic rings. The summed E-state index contributed by atoms with van der Waals surface area (Å²) >= 11 is 0. The van der Waals surface area contributed by atoms with Crippen LogP contribution in [0.1, 0.15) is 55.7 Å². The van der Waals surface area contributed by atoms with E-state index >= 15 is 0 Å². The lowest BCUT2D eigenvalue weighted by atomic mass is 9.74. The highest BCUT2D eigenvalue weighted by Gasteiger charge is 2.47. The average Bonchev–Trinajstić information content (AvgIpc) is 2.94. The van der Waals surface area contributed by atoms with Crippen molar-refractivity contribution in [1.29, 1.82) is 0 Å². The van der Waals surface area contributed by atoms with Crippen LogP contribution >= 0.6 is 0 Å². The van der Waals surface area contributed by atoms with Gasteiger partial charge >= 0.3 is 0 Å². The lowest BCUT2D eigenvalue weighted by molar-refractivity contribution is -0.135. The van der Waals surface area contributed by atoms with E-state index in [9.17, 15) is 9.59 Å². The van der Waals surface area contributed by atoms with E-state index in [-0.39, 0.29) is 23.4 Å². The van der Waals surface area contributed by atoms with Gasteiger partial charge in [-0.2, -0.15) is 0 Å². The molecule has 0 amide bonds. The Kier molecular flexibility index (Phi) is 3.68. The molecule has 0 heterocycles. The van der Waals surface area contributed by atoms with Crippen LogP contribution in [0.15, 0.2) is 18.2 Å². The second-order valence-electron chi connectivity index (χ2n) is 6.09. The summed E-state index contributed by atoms with van der Waals surface area (Å²) in [5, 5.41) is 0. The molecule has 2 saturated carbocycles. The molecule has 0 aliphatic heterocycles. The van der Waals surface area contributed by atoms with Crippen LogP contribution in [0.3, 0.4) is 0 Å². The maximum absolute atomic E-state index is 12.6. The van der Waals surface area contributed by atoms with E-state index in [0.717, 1.165) is 42.4 Å². The zero-order valence-corrected chi connectivity index (χ0v) is 12.6. The smallest absolute Gasteiger partial charge is 0.150 e. The number of fused-ring (bicyclic) bond motifs is 2. The van der Waals surface area contributed by atoms with Gasteiger partial charge in [-0.3, -0.25) is 9.59 Å². The Bertz CT molecular complexity index is 638. The van der Waals surface area contributed by atoms with Gasteiger partial charge < -0.3 is 0 Å². The third-order valence-electron chi connectivity index (χ3n) is 4.91. The number of ketones is 2. The van der Waals surface area contributed by atoms with E-state index in [0.29, 0.717) is 0 Å². The number of benzene rings is 1. The van der Waals surface area contributed by atoms with E-state index < -0.39 is 5.92 Å². The highest BCUT2D eigenvalue weighted by molar-refractivity contribution is 6.12. The van der Waals surface area contributed by atoms with E-state index in [1.54, 1.807) is 0 Å². The Balaban J connectivity index is 2.04. The molecule has 2 nitrogen and oxygen atoms in total. The first-order valence-electron chi connectivity index (χ1n) is 7.78. The van der Waals surface area contributed by atoms with Crippen molar-refractivity contribution in [2.24, 2.45) is 11.8 Å². The van der Waals surface area contributed by atoms with Gasteiger partial charge in [0.05, 0.1) is 0 Å². The first-order chi connectivity index (χ1) is 10.2. The van der Waals surface area contributed by atoms with Gasteiger partial charge in [-0.15, -0.1) is 5.92 Å². The van der Waals surface area contributed by atoms with Gasteiger partial charge in [-0.05, 0) is 55.9 Å². The molecule has 0 spiro atoms. The molecule has 2 unspecified atom stereocenters. The third kappa shape index (κ3) is 2.31. The molecular weight excluding hydrogens is 260 g/mol. The number of hydrogen-bond acceptors (Lipinski definition) is 2. The molecule has 2 bridgehead atoms. The van der Waals surface area contributed by atoms with Crippen LogP contribution in [-0.4, -0.2) is 11.6 Å². The van der Waals surface area contributed by atoms with Crippen LogP contribution in [0.4, 0.5) is 0 Å². The van der Waals surface area contributed by atoms with E-state index in [4.69, 9.17) is 0 Å². The van der Waals surface area contributed by atoms with Gasteiger partial charge in [-0.1, -0.05) is 18.9 Å². The maximum Gasteiger partial charge on any atom is 0.150 e. The van der Waals surface area contributed by atoms with E-state index in [1.165, 1.54) is 0 Å². The molecule has 2 aliphatic rings. The molecule has 0 N–H and O–H groups in total. The predicted molar refractivity (Wildman–Crippen MR) is 82.0 cm³/mol. The Morgan fingerprint density at radius 1 is 1.14 bits per heavy atom. The fourth-order valence-corrected chi connectivity index (χ4v) is 3.83. The van der Waals surface area contributed by atoms with Gasteiger partial charge in [-0.25, -0.2) is 0 Å². The molecule has 2 aliphatic carbocycles. The average molecular weight is 280 g/mol. The van der Waals surface area contributed by atoms with Gasteiger partial charge in [0.15, 0.2) is 11.6 Å². The Morgan fingerprint density at radius 2 is 1.81 bits per heavy atom. The Labute approximate surface area is 125 Å². The summed E-state index contributed by atoms with van der Waals surface area (Å²) in [7, 11) is 0. The standard InChI is InChI=1S/C19H20O2/c1-3-5-12-6-9-16(13(4-2)10-12)17-18(20)14-7-8-15(11-14)19(17)21/h6,9-10,14-15,17H,4,7-8,11H2,1-2H3. The molecule has 108 valence electrons. The minimum atomic E-state index is -0.519. The van der Waals surface area contributed by atoms with Crippen molar-refractivity contribution in [2.75, 3.05) is 0 Å². The zero-order valence-electron chi connectivity index (χ0n) is 12.6. The molecule has 0 aromatic heterocycles. The Morgan fingerprint density at radius 3 is 2.38 bits per heavy atom. The molecule has 21 heavy (non-hydrogen) atoms. The Hall–Kier alpha value is -1.88. The normalized spacial score (nSPS) is 27.4. The van der Waals surface area contributed by atoms with Crippen molar-refractivity contribution in [3.63, 3.8) is 0 Å². The van der Waals surface area contributed by atoms with Crippen molar-refractivity contribution in [3.05, 3.63) is 34.9 Å². The molecule has 0 saturated heterocycles. The number of aryl methyl sites for hydroxylation is 1. The van der Waals surface area contributed by atoms with Gasteiger partial charge in [0.1, 0.15) is 5.92 Å². The number of carbonyl (C=O) groups excluding carboxylic acids is 2. The molecule has 2 atom stereocenters. The van der Waals surface area contributed by atoms with Crippen LogP contribution in [0, 0.1) is 23.7 Å². The van der Waals surface area contributed by atoms with E-state index in [2.05, 4.69) is 18.8 Å². The van der Waals surface area contributed by atoms with Crippen LogP contribution in [-0.2, 0) is 16.0 Å². The quantitative estimate of drug-likeness (QED) is 0.615. The minimum Gasteiger partial charge on any atom is -0.298 e. The topological polar surface area (TPSA) is 34.1 Å². The number of rotatable bonds is 2. The first kappa shape index (κ1) is 14.1. The van der Waals surface area contributed by atoms with Crippen molar-refractivity contribution < 1.29 is 9.59 Å². The highest BCUT2D eigenvalue weighted by atomic mass is 16.2. The summed E-state index contributed by atoms with van der Waals surface area (Å²) in [6.45, 7) is 3.87. The molecule has 2 heteroatoms. The second-order valence-corrected chi connectivity index (χ2v) is 6.09. The molecular formula is C19H20O2. The summed E-state index contributed by atoms with van der Waals surface area (Å²) in [6, 6.07) is 5.91. The SMILES string of the molecule is CC#Cc1ccc(C2C(=O)C3CCC(C3)C2=O)c(CC)c1. The molecule has 2 fully saturated rings. The second kappa shape index (κ2) is 5.48. The molecule has 0 radical (unpaired) electrons. The zero-order chi connectivity index (χ0) is 15.0. The summed E-state index contributed by atoms with van der Waals surface area (Å²) < 4.78 is 0. The third-order valence-corrected chi connectivity index (χ3v) is 4.91. The largest absolute Gasteiger partial charge is 0.298 e. The summed E-state index contributed by atoms with van der Waals surface area (Å²) in [5.74, 6) is 5.94. The van der Waals surface area contributed by atoms with Gasteiger partial charge in [0.25, 0.3) is 0 Å². The van der Waals surface area contributed by atoms with Crippen molar-refractivity contribution in [3.8, 4) is 11.8 Å². The molecule has 3 rings (SSSR count). The van der Waals surface area contributed by atoms with Gasteiger partial charge in [0, 0.05) is 17.4 Å². The van der Waals surface area contributed by atoms with Crippen LogP contribution in [0.25, 0.3) is 0 Å². The molecule has 1 aromatic carbocycles. The summed E-state index contributed by atoms with van der Waals surface area (Å²) in [5.41, 5.74) is 2.96. The highest BCUT2D eigenvalue weighted by Crippen LogP contribution is 2.44. The van der Waals surface area contributed by atoms with Crippen molar-refractivity contribution in [1.82, 2.24) is 0 Å². The van der Waals surface area contributed by atoms with Crippen LogP contribution < -0.4 is 0 Å². The maximum atomic E-state index is 12.6. The fourth-order valence-electron chi connectivity index (χ4n) is 3.83. The van der Waals surface area contributed by atoms with Crippen LogP contribution in [0.5, 0.6) is 0 Å². The first-order valence-corrected chi connectivity index (χ1v) is 7.78. The summed E-state index contributed by atoms with van der Waals surface area (Å²) in [6.07, 6.45) is 3.40. The van der Waals surface area contributed by atoms with Crippen LogP contribution in [0.2, 0.25) is 0 Å². The lowest BCUT2D eigenvalue weighted by Gasteiger charge is -2.27. The van der Waals surface area contributed by atoms with Crippen molar-refractivity contribution in [2.45, 2.75) is 45.4 Å². The monoisotopic (exact) mass is 280 g/mol. The number of Topliss-reactive ketones (excluding diaryl/α,β-unsaturated/α-hetero) is 2. The lowest BCUT2D eigenvalue weighted by Crippen LogP contribution is -2.35. The number of hydrogen-bond donors (Lipinski definition) is 0. The van der Waals surface area contributed by atoms with Gasteiger partial charge in [0.2, 0.25) is 0 Å². The van der Waals surface area contributed by atoms with Crippen molar-refractivity contribution >= 4 is 11.6 Å². The number of carbonyl (C=O) groups is 2. The summed E-state index contributed by atoms with van der Waals surface area (Å²) in [4.78, 5) is 25.2. The minimum absolute atomic E-state index is 0.109. The predicted octanol–water partition coefficient (Wildman–Crippen LogP) is 3.27. The fraction of sp³-hybridized carbons (Fsp3) is 0.474.